The van der Waals surface area contributed by atoms with Crippen LogP contribution < -0.4 is 10.9 Å². The summed E-state index contributed by atoms with van der Waals surface area (Å²) in [6, 6.07) is 9.36. The number of anilines is 1. The van der Waals surface area contributed by atoms with Crippen LogP contribution in [0.15, 0.2) is 46.5 Å². The summed E-state index contributed by atoms with van der Waals surface area (Å²) in [4.78, 5) is 26.1. The molecular formula is C23H29N7O2S. The number of thioether (sulfide) groups is 1. The third-order valence-electron chi connectivity index (χ3n) is 5.47. The van der Waals surface area contributed by atoms with Crippen LogP contribution in [-0.4, -0.2) is 40.1 Å². The number of hydrogen-bond acceptors (Lipinski definition) is 6. The minimum atomic E-state index is -0.442. The zero-order valence-corrected chi connectivity index (χ0v) is 20.3. The first-order valence-corrected chi connectivity index (χ1v) is 12.0. The molecule has 33 heavy (non-hydrogen) atoms. The van der Waals surface area contributed by atoms with Gasteiger partial charge in [-0.05, 0) is 45.2 Å². The summed E-state index contributed by atoms with van der Waals surface area (Å²) >= 11 is 1.31. The fraction of sp³-hybridized carbons (Fsp3) is 0.435. The van der Waals surface area contributed by atoms with E-state index in [1.54, 1.807) is 21.5 Å². The molecule has 1 N–H and O–H groups in total. The maximum Gasteiger partial charge on any atom is 0.262 e. The minimum absolute atomic E-state index is 0.0737. The summed E-state index contributed by atoms with van der Waals surface area (Å²) < 4.78 is 5.33. The first-order chi connectivity index (χ1) is 15.8. The van der Waals surface area contributed by atoms with Crippen LogP contribution in [0.2, 0.25) is 0 Å². The molecule has 0 saturated heterocycles. The summed E-state index contributed by atoms with van der Waals surface area (Å²) in [5, 5.41) is 16.6. The van der Waals surface area contributed by atoms with Crippen LogP contribution in [0, 0.1) is 5.92 Å². The fourth-order valence-corrected chi connectivity index (χ4v) is 4.52. The van der Waals surface area contributed by atoms with E-state index < -0.39 is 5.25 Å². The molecule has 4 rings (SSSR count). The van der Waals surface area contributed by atoms with Gasteiger partial charge in [0.25, 0.3) is 5.56 Å². The van der Waals surface area contributed by atoms with E-state index in [1.165, 1.54) is 11.8 Å². The molecule has 0 saturated carbocycles. The van der Waals surface area contributed by atoms with Crippen molar-refractivity contribution < 1.29 is 4.79 Å². The molecule has 0 bridgehead atoms. The summed E-state index contributed by atoms with van der Waals surface area (Å²) in [6.07, 6.45) is 2.52. The highest BCUT2D eigenvalue weighted by molar-refractivity contribution is 8.00. The zero-order chi connectivity index (χ0) is 23.7. The lowest BCUT2D eigenvalue weighted by atomic mass is 10.1. The molecule has 1 unspecified atom stereocenters. The van der Waals surface area contributed by atoms with Crippen LogP contribution in [0.3, 0.4) is 0 Å². The third kappa shape index (κ3) is 4.52. The van der Waals surface area contributed by atoms with Crippen molar-refractivity contribution in [2.75, 3.05) is 5.32 Å². The molecule has 1 amide bonds. The van der Waals surface area contributed by atoms with Gasteiger partial charge in [-0.1, -0.05) is 37.7 Å². The Labute approximate surface area is 196 Å². The van der Waals surface area contributed by atoms with Crippen LogP contribution in [0.25, 0.3) is 16.7 Å². The Morgan fingerprint density at radius 2 is 1.85 bits per heavy atom. The lowest BCUT2D eigenvalue weighted by molar-refractivity contribution is -0.115. The average molecular weight is 468 g/mol. The van der Waals surface area contributed by atoms with Crippen LogP contribution in [0.1, 0.15) is 47.1 Å². The molecule has 0 radical (unpaired) electrons. The predicted molar refractivity (Wildman–Crippen MR) is 131 cm³/mol. The largest absolute Gasteiger partial charge is 0.310 e. The quantitative estimate of drug-likeness (QED) is 0.394. The summed E-state index contributed by atoms with van der Waals surface area (Å²) in [5.41, 5.74) is 0.659. The Kier molecular flexibility index (Phi) is 6.55. The molecule has 3 aromatic heterocycles. The number of amides is 1. The molecule has 4 aromatic rings. The van der Waals surface area contributed by atoms with Crippen molar-refractivity contribution in [3.05, 3.63) is 46.9 Å². The topological polar surface area (TPSA) is 99.1 Å². The summed E-state index contributed by atoms with van der Waals surface area (Å²) in [5.74, 6) is 1.44. The number of nitrogens with one attached hydrogen (secondary N) is 1. The van der Waals surface area contributed by atoms with E-state index in [4.69, 9.17) is 0 Å². The van der Waals surface area contributed by atoms with Crippen molar-refractivity contribution in [2.24, 2.45) is 5.92 Å². The zero-order valence-electron chi connectivity index (χ0n) is 19.5. The second-order valence-electron chi connectivity index (χ2n) is 8.78. The van der Waals surface area contributed by atoms with Crippen molar-refractivity contribution in [1.82, 2.24) is 28.9 Å². The lowest BCUT2D eigenvalue weighted by Gasteiger charge is -2.15. The van der Waals surface area contributed by atoms with Crippen LogP contribution in [-0.2, 0) is 11.3 Å². The molecule has 0 aliphatic carbocycles. The number of nitrogens with zero attached hydrogens (tertiary/aromatic N) is 6. The monoisotopic (exact) mass is 467 g/mol. The van der Waals surface area contributed by atoms with Crippen molar-refractivity contribution in [1.29, 1.82) is 0 Å². The molecule has 0 fully saturated rings. The molecule has 0 aliphatic rings. The number of aromatic nitrogens is 6. The van der Waals surface area contributed by atoms with Gasteiger partial charge in [0.05, 0.1) is 22.3 Å². The normalized spacial score (nSPS) is 12.8. The SMILES string of the molecule is CC(C)CCn1c(=O)c2ccccc2n2c(SC(C)C(=O)Nc3ccnn3C(C)C)nnc12. The summed E-state index contributed by atoms with van der Waals surface area (Å²) in [7, 11) is 0. The Morgan fingerprint density at radius 3 is 2.58 bits per heavy atom. The van der Waals surface area contributed by atoms with Gasteiger partial charge in [-0.3, -0.25) is 18.6 Å². The molecule has 3 heterocycles. The van der Waals surface area contributed by atoms with E-state index in [0.717, 1.165) is 11.9 Å². The van der Waals surface area contributed by atoms with Crippen LogP contribution in [0.5, 0.6) is 0 Å². The van der Waals surface area contributed by atoms with Gasteiger partial charge >= 0.3 is 0 Å². The number of carbonyl (C=O) groups excluding carboxylic acids is 1. The average Bonchev–Trinajstić information content (AvgIpc) is 3.41. The number of benzene rings is 1. The highest BCUT2D eigenvalue weighted by Crippen LogP contribution is 2.26. The highest BCUT2D eigenvalue weighted by atomic mass is 32.2. The van der Waals surface area contributed by atoms with E-state index in [0.29, 0.717) is 34.6 Å². The molecular weight excluding hydrogens is 438 g/mol. The molecule has 1 aromatic carbocycles. The van der Waals surface area contributed by atoms with E-state index in [-0.39, 0.29) is 17.5 Å². The molecule has 9 nitrogen and oxygen atoms in total. The van der Waals surface area contributed by atoms with Gasteiger partial charge in [0.15, 0.2) is 5.16 Å². The molecule has 10 heteroatoms. The van der Waals surface area contributed by atoms with Gasteiger partial charge in [-0.15, -0.1) is 10.2 Å². The smallest absolute Gasteiger partial charge is 0.262 e. The summed E-state index contributed by atoms with van der Waals surface area (Å²) in [6.45, 7) is 10.6. The second kappa shape index (κ2) is 9.38. The van der Waals surface area contributed by atoms with Crippen LogP contribution >= 0.6 is 11.8 Å². The number of aryl methyl sites for hydroxylation is 1. The Morgan fingerprint density at radius 1 is 1.09 bits per heavy atom. The standard InChI is InChI=1S/C23H29N7O2S/c1-14(2)11-13-28-21(32)17-8-6-7-9-18(17)29-22(28)26-27-23(29)33-16(5)20(31)25-19-10-12-24-30(19)15(3)4/h6-10,12,14-16H,11,13H2,1-5H3,(H,25,31). The first kappa shape index (κ1) is 23.0. The molecule has 174 valence electrons. The first-order valence-electron chi connectivity index (χ1n) is 11.2. The van der Waals surface area contributed by atoms with E-state index in [2.05, 4.69) is 34.5 Å². The Hall–Kier alpha value is -3.14. The van der Waals surface area contributed by atoms with E-state index >= 15 is 0 Å². The van der Waals surface area contributed by atoms with E-state index in [1.807, 2.05) is 49.4 Å². The minimum Gasteiger partial charge on any atom is -0.310 e. The van der Waals surface area contributed by atoms with Gasteiger partial charge in [0.1, 0.15) is 5.82 Å². The van der Waals surface area contributed by atoms with Gasteiger partial charge < -0.3 is 5.32 Å². The van der Waals surface area contributed by atoms with E-state index in [9.17, 15) is 9.59 Å². The van der Waals surface area contributed by atoms with Crippen LogP contribution in [0.4, 0.5) is 5.82 Å². The van der Waals surface area contributed by atoms with Crippen molar-refractivity contribution in [2.45, 2.75) is 64.0 Å². The number of para-hydroxylation sites is 1. The second-order valence-corrected chi connectivity index (χ2v) is 10.1. The number of hydrogen-bond donors (Lipinski definition) is 1. The molecule has 0 aliphatic heterocycles. The number of rotatable bonds is 8. The Balaban J connectivity index is 1.69. The Bertz CT molecular complexity index is 1350. The number of fused-ring (bicyclic) bond motifs is 3. The highest BCUT2D eigenvalue weighted by Gasteiger charge is 2.22. The van der Waals surface area contributed by atoms with Crippen molar-refractivity contribution in [3.63, 3.8) is 0 Å². The number of carbonyl (C=O) groups is 1. The maximum absolute atomic E-state index is 13.2. The van der Waals surface area contributed by atoms with Gasteiger partial charge in [0.2, 0.25) is 11.7 Å². The molecule has 1 atom stereocenters. The van der Waals surface area contributed by atoms with Gasteiger partial charge in [0, 0.05) is 18.7 Å². The maximum atomic E-state index is 13.2. The van der Waals surface area contributed by atoms with Gasteiger partial charge in [-0.25, -0.2) is 4.68 Å². The van der Waals surface area contributed by atoms with Crippen molar-refractivity contribution in [3.8, 4) is 0 Å². The predicted octanol–water partition coefficient (Wildman–Crippen LogP) is 3.99. The third-order valence-corrected chi connectivity index (χ3v) is 6.51. The van der Waals surface area contributed by atoms with Crippen molar-refractivity contribution >= 4 is 40.2 Å². The lowest BCUT2D eigenvalue weighted by Crippen LogP contribution is -2.25. The molecule has 0 spiro atoms. The van der Waals surface area contributed by atoms with Gasteiger partial charge in [-0.2, -0.15) is 5.10 Å². The fourth-order valence-electron chi connectivity index (χ4n) is 3.66.